The van der Waals surface area contributed by atoms with Crippen molar-refractivity contribution in [3.8, 4) is 28.2 Å². The SMILES string of the molecule is CC1(C)c2ccccc2-c2ccc(-n3c(-c4cccc5c4oc4ccccc45)nc4ccccc43)cc21. The van der Waals surface area contributed by atoms with Crippen molar-refractivity contribution in [3.05, 3.63) is 120 Å². The Morgan fingerprint density at radius 1 is 0.649 bits per heavy atom. The second kappa shape index (κ2) is 7.21. The largest absolute Gasteiger partial charge is 0.455 e. The van der Waals surface area contributed by atoms with E-state index >= 15 is 0 Å². The average Bonchev–Trinajstić information content (AvgIpc) is 3.57. The molecule has 3 nitrogen and oxygen atoms in total. The number of nitrogens with zero attached hydrogens (tertiary/aromatic N) is 2. The van der Waals surface area contributed by atoms with E-state index in [9.17, 15) is 0 Å². The predicted molar refractivity (Wildman–Crippen MR) is 151 cm³/mol. The molecule has 0 amide bonds. The van der Waals surface area contributed by atoms with Gasteiger partial charge in [0.1, 0.15) is 17.0 Å². The molecule has 0 aliphatic heterocycles. The van der Waals surface area contributed by atoms with Gasteiger partial charge in [-0.25, -0.2) is 4.98 Å². The number of para-hydroxylation sites is 4. The van der Waals surface area contributed by atoms with Gasteiger partial charge in [-0.1, -0.05) is 86.6 Å². The summed E-state index contributed by atoms with van der Waals surface area (Å²) in [6, 6.07) is 38.6. The summed E-state index contributed by atoms with van der Waals surface area (Å²) in [4.78, 5) is 5.15. The summed E-state index contributed by atoms with van der Waals surface area (Å²) in [6.07, 6.45) is 0. The Morgan fingerprint density at radius 3 is 2.32 bits per heavy atom. The van der Waals surface area contributed by atoms with Crippen molar-refractivity contribution in [1.29, 1.82) is 0 Å². The van der Waals surface area contributed by atoms with Crippen LogP contribution in [0.4, 0.5) is 0 Å². The molecule has 8 rings (SSSR count). The standard InChI is InChI=1S/C34H24N2O/c1-34(2)27-14-5-3-10-22(27)23-19-18-21(20-28(23)34)36-30-16-7-6-15-29(30)35-33(36)26-13-9-12-25-24-11-4-8-17-31(24)37-32(25)26/h3-20H,1-2H3. The first kappa shape index (κ1) is 20.6. The Hall–Kier alpha value is -4.63. The molecular weight excluding hydrogens is 452 g/mol. The van der Waals surface area contributed by atoms with Crippen molar-refractivity contribution in [1.82, 2.24) is 9.55 Å². The third-order valence-corrected chi connectivity index (χ3v) is 8.03. The van der Waals surface area contributed by atoms with Gasteiger partial charge in [-0.3, -0.25) is 4.57 Å². The fraction of sp³-hybridized carbons (Fsp3) is 0.0882. The highest BCUT2D eigenvalue weighted by Crippen LogP contribution is 2.49. The molecule has 2 aromatic heterocycles. The monoisotopic (exact) mass is 476 g/mol. The van der Waals surface area contributed by atoms with Crippen LogP contribution in [0.25, 0.3) is 61.2 Å². The van der Waals surface area contributed by atoms with E-state index in [0.29, 0.717) is 0 Å². The summed E-state index contributed by atoms with van der Waals surface area (Å²) in [5.41, 5.74) is 11.2. The lowest BCUT2D eigenvalue weighted by molar-refractivity contribution is 0.659. The van der Waals surface area contributed by atoms with Crippen LogP contribution in [0.3, 0.4) is 0 Å². The van der Waals surface area contributed by atoms with Gasteiger partial charge >= 0.3 is 0 Å². The van der Waals surface area contributed by atoms with Crippen LogP contribution in [0.1, 0.15) is 25.0 Å². The number of imidazole rings is 1. The third-order valence-electron chi connectivity index (χ3n) is 8.03. The molecule has 176 valence electrons. The lowest BCUT2D eigenvalue weighted by Gasteiger charge is -2.22. The van der Waals surface area contributed by atoms with Gasteiger partial charge in [-0.15, -0.1) is 0 Å². The van der Waals surface area contributed by atoms with Crippen LogP contribution in [0, 0.1) is 0 Å². The summed E-state index contributed by atoms with van der Waals surface area (Å²) in [5, 5.41) is 2.23. The molecule has 1 aliphatic rings. The zero-order valence-electron chi connectivity index (χ0n) is 20.7. The minimum absolute atomic E-state index is 0.0722. The normalized spacial score (nSPS) is 13.9. The van der Waals surface area contributed by atoms with E-state index in [-0.39, 0.29) is 5.41 Å². The highest BCUT2D eigenvalue weighted by atomic mass is 16.3. The van der Waals surface area contributed by atoms with Crippen molar-refractivity contribution in [2.75, 3.05) is 0 Å². The van der Waals surface area contributed by atoms with Crippen LogP contribution in [0.15, 0.2) is 114 Å². The van der Waals surface area contributed by atoms with Crippen LogP contribution < -0.4 is 0 Å². The van der Waals surface area contributed by atoms with Gasteiger partial charge in [0.25, 0.3) is 0 Å². The van der Waals surface area contributed by atoms with Crippen molar-refractivity contribution in [2.45, 2.75) is 19.3 Å². The van der Waals surface area contributed by atoms with Crippen LogP contribution in [0.5, 0.6) is 0 Å². The maximum atomic E-state index is 6.42. The summed E-state index contributed by atoms with van der Waals surface area (Å²) >= 11 is 0. The lowest BCUT2D eigenvalue weighted by atomic mass is 9.82. The summed E-state index contributed by atoms with van der Waals surface area (Å²) in [5.74, 6) is 0.888. The molecule has 0 saturated carbocycles. The Kier molecular flexibility index (Phi) is 4.00. The topological polar surface area (TPSA) is 31.0 Å². The quantitative estimate of drug-likeness (QED) is 0.249. The summed E-state index contributed by atoms with van der Waals surface area (Å²) < 4.78 is 8.71. The zero-order valence-corrected chi connectivity index (χ0v) is 20.7. The molecule has 0 fully saturated rings. The molecule has 2 heterocycles. The zero-order chi connectivity index (χ0) is 24.7. The Balaban J connectivity index is 1.42. The van der Waals surface area contributed by atoms with E-state index in [2.05, 4.69) is 109 Å². The fourth-order valence-electron chi connectivity index (χ4n) is 6.22. The van der Waals surface area contributed by atoms with Crippen molar-refractivity contribution < 1.29 is 4.42 Å². The van der Waals surface area contributed by atoms with E-state index < -0.39 is 0 Å². The second-order valence-electron chi connectivity index (χ2n) is 10.4. The van der Waals surface area contributed by atoms with E-state index in [0.717, 1.165) is 50.0 Å². The first-order chi connectivity index (χ1) is 18.1. The highest BCUT2D eigenvalue weighted by Gasteiger charge is 2.35. The maximum absolute atomic E-state index is 6.42. The molecule has 0 bridgehead atoms. The molecule has 0 saturated heterocycles. The van der Waals surface area contributed by atoms with Gasteiger partial charge in [0.2, 0.25) is 0 Å². The summed E-state index contributed by atoms with van der Waals surface area (Å²) in [7, 11) is 0. The molecule has 0 radical (unpaired) electrons. The number of fused-ring (bicyclic) bond motifs is 7. The van der Waals surface area contributed by atoms with Gasteiger partial charge in [-0.05, 0) is 58.7 Å². The number of rotatable bonds is 2. The van der Waals surface area contributed by atoms with Crippen molar-refractivity contribution in [2.24, 2.45) is 0 Å². The van der Waals surface area contributed by atoms with Gasteiger partial charge in [0.15, 0.2) is 0 Å². The number of furan rings is 1. The van der Waals surface area contributed by atoms with Crippen LogP contribution in [-0.4, -0.2) is 9.55 Å². The van der Waals surface area contributed by atoms with Crippen molar-refractivity contribution >= 4 is 33.0 Å². The number of benzene rings is 5. The average molecular weight is 477 g/mol. The Bertz CT molecular complexity index is 2020. The first-order valence-corrected chi connectivity index (χ1v) is 12.7. The molecule has 0 atom stereocenters. The van der Waals surface area contributed by atoms with E-state index in [4.69, 9.17) is 9.40 Å². The van der Waals surface area contributed by atoms with Crippen molar-refractivity contribution in [3.63, 3.8) is 0 Å². The lowest BCUT2D eigenvalue weighted by Crippen LogP contribution is -2.15. The van der Waals surface area contributed by atoms with E-state index in [1.54, 1.807) is 0 Å². The van der Waals surface area contributed by atoms with Gasteiger partial charge in [-0.2, -0.15) is 0 Å². The molecule has 0 N–H and O–H groups in total. The molecular formula is C34H24N2O. The predicted octanol–water partition coefficient (Wildman–Crippen LogP) is 8.90. The molecule has 7 aromatic rings. The Labute approximate surface area is 214 Å². The summed E-state index contributed by atoms with van der Waals surface area (Å²) in [6.45, 7) is 4.65. The van der Waals surface area contributed by atoms with Crippen LogP contribution >= 0.6 is 0 Å². The maximum Gasteiger partial charge on any atom is 0.149 e. The molecule has 0 unspecified atom stereocenters. The van der Waals surface area contributed by atoms with Gasteiger partial charge in [0, 0.05) is 21.9 Å². The van der Waals surface area contributed by atoms with Gasteiger partial charge in [0.05, 0.1) is 16.6 Å². The molecule has 0 spiro atoms. The van der Waals surface area contributed by atoms with Crippen LogP contribution in [-0.2, 0) is 5.41 Å². The van der Waals surface area contributed by atoms with Gasteiger partial charge < -0.3 is 4.42 Å². The Morgan fingerprint density at radius 2 is 1.38 bits per heavy atom. The molecule has 5 aromatic carbocycles. The molecule has 37 heavy (non-hydrogen) atoms. The first-order valence-electron chi connectivity index (χ1n) is 12.7. The van der Waals surface area contributed by atoms with E-state index in [1.807, 2.05) is 18.2 Å². The highest BCUT2D eigenvalue weighted by molar-refractivity contribution is 6.09. The second-order valence-corrected chi connectivity index (χ2v) is 10.4. The third kappa shape index (κ3) is 2.74. The number of hydrogen-bond acceptors (Lipinski definition) is 2. The minimum Gasteiger partial charge on any atom is -0.455 e. The molecule has 3 heteroatoms. The van der Waals surface area contributed by atoms with E-state index in [1.165, 1.54) is 22.3 Å². The number of aromatic nitrogens is 2. The smallest absolute Gasteiger partial charge is 0.149 e. The van der Waals surface area contributed by atoms with Crippen LogP contribution in [0.2, 0.25) is 0 Å². The molecule has 1 aliphatic carbocycles. The fourth-order valence-corrected chi connectivity index (χ4v) is 6.22. The number of hydrogen-bond donors (Lipinski definition) is 0. The minimum atomic E-state index is -0.0722.